The average molecular weight is 439 g/mol. The summed E-state index contributed by atoms with van der Waals surface area (Å²) in [6.07, 6.45) is 6.93. The number of esters is 1. The number of urea groups is 1. The van der Waals surface area contributed by atoms with Crippen molar-refractivity contribution in [3.05, 3.63) is 48.0 Å². The fraction of sp³-hybridized carbons (Fsp3) is 0.462. The molecule has 0 aromatic heterocycles. The lowest BCUT2D eigenvalue weighted by Crippen LogP contribution is -2.28. The van der Waals surface area contributed by atoms with Gasteiger partial charge in [-0.2, -0.15) is 0 Å². The maximum absolute atomic E-state index is 12.5. The lowest BCUT2D eigenvalue weighted by Gasteiger charge is -2.25. The molecule has 0 atom stereocenters. The third-order valence-corrected chi connectivity index (χ3v) is 5.91. The first-order chi connectivity index (χ1) is 15.5. The zero-order valence-electron chi connectivity index (χ0n) is 19.4. The van der Waals surface area contributed by atoms with E-state index in [1.807, 2.05) is 36.4 Å². The molecule has 1 saturated carbocycles. The van der Waals surface area contributed by atoms with E-state index in [2.05, 4.69) is 11.4 Å². The smallest absolute Gasteiger partial charge is 0.321 e. The van der Waals surface area contributed by atoms with Crippen LogP contribution in [0.2, 0.25) is 0 Å². The second kappa shape index (κ2) is 11.6. The van der Waals surface area contributed by atoms with Gasteiger partial charge in [-0.15, -0.1) is 0 Å². The molecule has 0 heterocycles. The summed E-state index contributed by atoms with van der Waals surface area (Å²) in [6, 6.07) is 13.7. The molecule has 6 heteroatoms. The Kier molecular flexibility index (Phi) is 8.54. The van der Waals surface area contributed by atoms with Crippen LogP contribution >= 0.6 is 0 Å². The largest absolute Gasteiger partial charge is 0.490 e. The molecule has 1 aliphatic carbocycles. The number of carbonyl (C=O) groups excluding carboxylic acids is 2. The van der Waals surface area contributed by atoms with E-state index in [0.29, 0.717) is 30.4 Å². The number of aryl methyl sites for hydroxylation is 1. The SMILES string of the molecule is COC(=O)CCc1cc(NC(=O)N(C)C)c(OCC2CCCCC2)c(-c2ccccc2)c1. The van der Waals surface area contributed by atoms with E-state index in [9.17, 15) is 9.59 Å². The number of amides is 2. The molecule has 172 valence electrons. The first-order valence-corrected chi connectivity index (χ1v) is 11.4. The summed E-state index contributed by atoms with van der Waals surface area (Å²) in [5.41, 5.74) is 3.48. The van der Waals surface area contributed by atoms with Crippen molar-refractivity contribution < 1.29 is 19.1 Å². The van der Waals surface area contributed by atoms with Crippen LogP contribution in [0.3, 0.4) is 0 Å². The van der Waals surface area contributed by atoms with Crippen molar-refractivity contribution in [1.29, 1.82) is 0 Å². The first-order valence-electron chi connectivity index (χ1n) is 11.4. The van der Waals surface area contributed by atoms with Gasteiger partial charge in [0.15, 0.2) is 5.75 Å². The van der Waals surface area contributed by atoms with Crippen LogP contribution in [-0.4, -0.2) is 44.7 Å². The van der Waals surface area contributed by atoms with Crippen molar-refractivity contribution in [2.75, 3.05) is 33.1 Å². The van der Waals surface area contributed by atoms with Gasteiger partial charge in [-0.05, 0) is 48.4 Å². The third kappa shape index (κ3) is 6.49. The predicted octanol–water partition coefficient (Wildman–Crippen LogP) is 5.51. The number of nitrogens with zero attached hydrogens (tertiary/aromatic N) is 1. The normalized spacial score (nSPS) is 14.0. The molecule has 0 spiro atoms. The molecule has 2 amide bonds. The number of anilines is 1. The molecule has 1 N–H and O–H groups in total. The minimum atomic E-state index is -0.261. The highest BCUT2D eigenvalue weighted by molar-refractivity contribution is 5.93. The zero-order valence-corrected chi connectivity index (χ0v) is 19.4. The highest BCUT2D eigenvalue weighted by atomic mass is 16.5. The summed E-state index contributed by atoms with van der Waals surface area (Å²) in [5.74, 6) is 0.949. The van der Waals surface area contributed by atoms with Crippen LogP contribution in [0.4, 0.5) is 10.5 Å². The van der Waals surface area contributed by atoms with Gasteiger partial charge >= 0.3 is 12.0 Å². The van der Waals surface area contributed by atoms with E-state index < -0.39 is 0 Å². The Bertz CT molecular complexity index is 906. The standard InChI is InChI=1S/C26H34N2O4/c1-28(2)26(30)27-23-17-20(14-15-24(29)31-3)16-22(21-12-8-5-9-13-21)25(23)32-18-19-10-6-4-7-11-19/h5,8-9,12-13,16-17,19H,4,6-7,10-11,14-15,18H2,1-3H3,(H,27,30). The van der Waals surface area contributed by atoms with Crippen LogP contribution in [0.15, 0.2) is 42.5 Å². The maximum Gasteiger partial charge on any atom is 0.321 e. The summed E-state index contributed by atoms with van der Waals surface area (Å²) in [7, 11) is 4.80. The van der Waals surface area contributed by atoms with E-state index in [0.717, 1.165) is 16.7 Å². The summed E-state index contributed by atoms with van der Waals surface area (Å²) >= 11 is 0. The molecular formula is C26H34N2O4. The van der Waals surface area contributed by atoms with Crippen molar-refractivity contribution in [3.63, 3.8) is 0 Å². The quantitative estimate of drug-likeness (QED) is 0.552. The fourth-order valence-corrected chi connectivity index (χ4v) is 4.04. The third-order valence-electron chi connectivity index (χ3n) is 5.91. The van der Waals surface area contributed by atoms with E-state index in [1.54, 1.807) is 14.1 Å². The van der Waals surface area contributed by atoms with Gasteiger partial charge in [0.05, 0.1) is 19.4 Å². The Hall–Kier alpha value is -3.02. The zero-order chi connectivity index (χ0) is 22.9. The summed E-state index contributed by atoms with van der Waals surface area (Å²) in [6.45, 7) is 0.631. The molecule has 0 unspecified atom stereocenters. The molecule has 2 aromatic rings. The Balaban J connectivity index is 1.99. The molecule has 0 aliphatic heterocycles. The first kappa shape index (κ1) is 23.6. The Morgan fingerprint density at radius 1 is 1.06 bits per heavy atom. The number of benzene rings is 2. The molecule has 0 saturated heterocycles. The molecule has 0 bridgehead atoms. The van der Waals surface area contributed by atoms with Crippen molar-refractivity contribution in [3.8, 4) is 16.9 Å². The lowest BCUT2D eigenvalue weighted by molar-refractivity contribution is -0.140. The van der Waals surface area contributed by atoms with Gasteiger partial charge in [0.25, 0.3) is 0 Å². The molecule has 3 rings (SSSR count). The van der Waals surface area contributed by atoms with Gasteiger partial charge in [0, 0.05) is 26.1 Å². The highest BCUT2D eigenvalue weighted by Gasteiger charge is 2.20. The Morgan fingerprint density at radius 2 is 1.78 bits per heavy atom. The number of carbonyl (C=O) groups is 2. The minimum Gasteiger partial charge on any atom is -0.490 e. The predicted molar refractivity (Wildman–Crippen MR) is 127 cm³/mol. The number of hydrogen-bond acceptors (Lipinski definition) is 4. The van der Waals surface area contributed by atoms with Gasteiger partial charge in [0.1, 0.15) is 0 Å². The van der Waals surface area contributed by atoms with Crippen LogP contribution in [0.1, 0.15) is 44.1 Å². The maximum atomic E-state index is 12.5. The van der Waals surface area contributed by atoms with Crippen LogP contribution in [0.25, 0.3) is 11.1 Å². The molecular weight excluding hydrogens is 404 g/mol. The second-order valence-corrected chi connectivity index (χ2v) is 8.60. The number of nitrogens with one attached hydrogen (secondary N) is 1. The van der Waals surface area contributed by atoms with Gasteiger partial charge in [-0.1, -0.05) is 49.6 Å². The van der Waals surface area contributed by atoms with Crippen molar-refractivity contribution in [2.45, 2.75) is 44.9 Å². The fourth-order valence-electron chi connectivity index (χ4n) is 4.04. The molecule has 1 fully saturated rings. The van der Waals surface area contributed by atoms with Gasteiger partial charge in [-0.25, -0.2) is 4.79 Å². The molecule has 2 aromatic carbocycles. The summed E-state index contributed by atoms with van der Waals surface area (Å²) in [4.78, 5) is 25.7. The number of methoxy groups -OCH3 is 1. The monoisotopic (exact) mass is 438 g/mol. The molecule has 1 aliphatic rings. The van der Waals surface area contributed by atoms with E-state index in [-0.39, 0.29) is 18.4 Å². The van der Waals surface area contributed by atoms with Crippen LogP contribution < -0.4 is 10.1 Å². The lowest BCUT2D eigenvalue weighted by atomic mass is 9.90. The number of ether oxygens (including phenoxy) is 2. The van der Waals surface area contributed by atoms with Gasteiger partial charge in [-0.3, -0.25) is 4.79 Å². The van der Waals surface area contributed by atoms with Crippen LogP contribution in [0.5, 0.6) is 5.75 Å². The number of hydrogen-bond donors (Lipinski definition) is 1. The second-order valence-electron chi connectivity index (χ2n) is 8.60. The van der Waals surface area contributed by atoms with E-state index in [4.69, 9.17) is 9.47 Å². The summed E-state index contributed by atoms with van der Waals surface area (Å²) in [5, 5.41) is 3.00. The summed E-state index contributed by atoms with van der Waals surface area (Å²) < 4.78 is 11.2. The Morgan fingerprint density at radius 3 is 2.44 bits per heavy atom. The topological polar surface area (TPSA) is 67.9 Å². The van der Waals surface area contributed by atoms with Crippen LogP contribution in [0, 0.1) is 5.92 Å². The van der Waals surface area contributed by atoms with E-state index >= 15 is 0 Å². The molecule has 0 radical (unpaired) electrons. The highest BCUT2D eigenvalue weighted by Crippen LogP contribution is 2.39. The van der Waals surface area contributed by atoms with E-state index in [1.165, 1.54) is 44.1 Å². The van der Waals surface area contributed by atoms with Gasteiger partial charge < -0.3 is 19.7 Å². The number of rotatable bonds is 8. The Labute approximate surface area is 190 Å². The minimum absolute atomic E-state index is 0.225. The van der Waals surface area contributed by atoms with Crippen molar-refractivity contribution in [2.24, 2.45) is 5.92 Å². The van der Waals surface area contributed by atoms with Crippen molar-refractivity contribution in [1.82, 2.24) is 4.90 Å². The average Bonchev–Trinajstić information content (AvgIpc) is 2.82. The van der Waals surface area contributed by atoms with Crippen LogP contribution in [-0.2, 0) is 16.0 Å². The molecule has 32 heavy (non-hydrogen) atoms. The van der Waals surface area contributed by atoms with Gasteiger partial charge in [0.2, 0.25) is 0 Å². The molecule has 6 nitrogen and oxygen atoms in total. The van der Waals surface area contributed by atoms with Crippen molar-refractivity contribution >= 4 is 17.7 Å².